The summed E-state index contributed by atoms with van der Waals surface area (Å²) in [4.78, 5) is 15.3. The Morgan fingerprint density at radius 1 is 0.962 bits per heavy atom. The van der Waals surface area contributed by atoms with Crippen LogP contribution in [-0.4, -0.2) is 12.3 Å². The van der Waals surface area contributed by atoms with E-state index in [-0.39, 0.29) is 11.8 Å². The standard InChI is InChI=1S/C24H23NO/c1-18-8-7-12-21(16-18)25-15-14-19-9-5-6-13-22(19)23(25)17-24(26)20-10-3-2-4-11-20/h2-13,16,23H,14-15,17H2,1H3. The van der Waals surface area contributed by atoms with Crippen molar-refractivity contribution in [2.24, 2.45) is 0 Å². The van der Waals surface area contributed by atoms with Gasteiger partial charge >= 0.3 is 0 Å². The minimum Gasteiger partial charge on any atom is -0.364 e. The molecule has 2 heteroatoms. The third-order valence-electron chi connectivity index (χ3n) is 5.22. The topological polar surface area (TPSA) is 20.3 Å². The highest BCUT2D eigenvalue weighted by atomic mass is 16.1. The zero-order valence-corrected chi connectivity index (χ0v) is 15.1. The van der Waals surface area contributed by atoms with E-state index in [1.807, 2.05) is 30.3 Å². The van der Waals surface area contributed by atoms with Gasteiger partial charge in [0.05, 0.1) is 6.04 Å². The van der Waals surface area contributed by atoms with Crippen LogP contribution < -0.4 is 4.90 Å². The molecule has 4 rings (SSSR count). The van der Waals surface area contributed by atoms with Gasteiger partial charge in [-0.05, 0) is 42.2 Å². The largest absolute Gasteiger partial charge is 0.364 e. The van der Waals surface area contributed by atoms with E-state index in [1.165, 1.54) is 22.4 Å². The van der Waals surface area contributed by atoms with E-state index in [4.69, 9.17) is 0 Å². The molecule has 0 radical (unpaired) electrons. The molecule has 0 spiro atoms. The number of aryl methyl sites for hydroxylation is 1. The van der Waals surface area contributed by atoms with Crippen LogP contribution in [0.5, 0.6) is 0 Å². The van der Waals surface area contributed by atoms with Gasteiger partial charge in [-0.3, -0.25) is 4.79 Å². The molecule has 1 atom stereocenters. The fourth-order valence-corrected chi connectivity index (χ4v) is 3.90. The van der Waals surface area contributed by atoms with Crippen molar-refractivity contribution in [2.75, 3.05) is 11.4 Å². The predicted molar refractivity (Wildman–Crippen MR) is 107 cm³/mol. The molecular weight excluding hydrogens is 318 g/mol. The Morgan fingerprint density at radius 3 is 2.54 bits per heavy atom. The first-order valence-electron chi connectivity index (χ1n) is 9.22. The maximum Gasteiger partial charge on any atom is 0.165 e. The quantitative estimate of drug-likeness (QED) is 0.594. The van der Waals surface area contributed by atoms with Crippen LogP contribution in [0.1, 0.15) is 39.5 Å². The zero-order valence-electron chi connectivity index (χ0n) is 15.1. The number of Topliss-reactive ketones (excluding diaryl/α,β-unsaturated/α-hetero) is 1. The molecule has 1 aliphatic heterocycles. The van der Waals surface area contributed by atoms with Crippen LogP contribution >= 0.6 is 0 Å². The highest BCUT2D eigenvalue weighted by Crippen LogP contribution is 2.36. The summed E-state index contributed by atoms with van der Waals surface area (Å²) in [7, 11) is 0. The fraction of sp³-hybridized carbons (Fsp3) is 0.208. The Morgan fingerprint density at radius 2 is 1.73 bits per heavy atom. The summed E-state index contributed by atoms with van der Waals surface area (Å²) in [5, 5.41) is 0. The first-order valence-corrected chi connectivity index (χ1v) is 9.22. The van der Waals surface area contributed by atoms with Crippen molar-refractivity contribution in [1.29, 1.82) is 0 Å². The molecule has 3 aromatic rings. The van der Waals surface area contributed by atoms with Gasteiger partial charge in [0, 0.05) is 24.2 Å². The average molecular weight is 341 g/mol. The summed E-state index contributed by atoms with van der Waals surface area (Å²) < 4.78 is 0. The Labute approximate surface area is 155 Å². The van der Waals surface area contributed by atoms with Gasteiger partial charge in [-0.25, -0.2) is 0 Å². The second kappa shape index (κ2) is 7.17. The van der Waals surface area contributed by atoms with Crippen LogP contribution in [0, 0.1) is 6.92 Å². The molecule has 3 aromatic carbocycles. The number of hydrogen-bond acceptors (Lipinski definition) is 2. The molecule has 0 saturated heterocycles. The number of benzene rings is 3. The van der Waals surface area contributed by atoms with Crippen molar-refractivity contribution in [3.8, 4) is 0 Å². The number of anilines is 1. The van der Waals surface area contributed by atoms with E-state index in [0.717, 1.165) is 18.5 Å². The molecule has 2 nitrogen and oxygen atoms in total. The molecule has 0 fully saturated rings. The van der Waals surface area contributed by atoms with E-state index in [1.54, 1.807) is 0 Å². The van der Waals surface area contributed by atoms with Gasteiger partial charge in [-0.2, -0.15) is 0 Å². The Hall–Kier alpha value is -2.87. The smallest absolute Gasteiger partial charge is 0.165 e. The van der Waals surface area contributed by atoms with Gasteiger partial charge in [0.15, 0.2) is 5.78 Å². The lowest BCUT2D eigenvalue weighted by Gasteiger charge is -2.39. The molecule has 1 unspecified atom stereocenters. The molecule has 26 heavy (non-hydrogen) atoms. The van der Waals surface area contributed by atoms with E-state index in [9.17, 15) is 4.79 Å². The molecular formula is C24H23NO. The summed E-state index contributed by atoms with van der Waals surface area (Å²) in [6, 6.07) is 26.9. The number of carbonyl (C=O) groups excluding carboxylic acids is 1. The first kappa shape index (κ1) is 16.6. The summed E-state index contributed by atoms with van der Waals surface area (Å²) in [5.74, 6) is 0.199. The Balaban J connectivity index is 1.71. The Bertz CT molecular complexity index is 916. The minimum atomic E-state index is 0.0782. The van der Waals surface area contributed by atoms with E-state index >= 15 is 0 Å². The third-order valence-corrected chi connectivity index (χ3v) is 5.22. The minimum absolute atomic E-state index is 0.0782. The van der Waals surface area contributed by atoms with Gasteiger partial charge in [0.1, 0.15) is 0 Å². The lowest BCUT2D eigenvalue weighted by Crippen LogP contribution is -2.36. The summed E-state index contributed by atoms with van der Waals surface area (Å²) in [6.45, 7) is 3.05. The first-order chi connectivity index (χ1) is 12.7. The van der Waals surface area contributed by atoms with Crippen LogP contribution in [0.4, 0.5) is 5.69 Å². The molecule has 0 aliphatic carbocycles. The average Bonchev–Trinajstić information content (AvgIpc) is 2.69. The molecule has 0 N–H and O–H groups in total. The van der Waals surface area contributed by atoms with Gasteiger partial charge in [0.2, 0.25) is 0 Å². The van der Waals surface area contributed by atoms with E-state index in [0.29, 0.717) is 6.42 Å². The predicted octanol–water partition coefficient (Wildman–Crippen LogP) is 5.37. The molecule has 0 amide bonds. The number of hydrogen-bond donors (Lipinski definition) is 0. The second-order valence-electron chi connectivity index (χ2n) is 6.99. The van der Waals surface area contributed by atoms with Gasteiger partial charge in [-0.15, -0.1) is 0 Å². The van der Waals surface area contributed by atoms with Crippen molar-refractivity contribution >= 4 is 11.5 Å². The molecule has 130 valence electrons. The lowest BCUT2D eigenvalue weighted by atomic mass is 9.88. The van der Waals surface area contributed by atoms with Crippen molar-refractivity contribution in [3.63, 3.8) is 0 Å². The maximum atomic E-state index is 12.9. The number of ketones is 1. The highest BCUT2D eigenvalue weighted by Gasteiger charge is 2.29. The van der Waals surface area contributed by atoms with Crippen LogP contribution in [0.2, 0.25) is 0 Å². The normalized spacial score (nSPS) is 16.2. The number of fused-ring (bicyclic) bond motifs is 1. The number of rotatable bonds is 4. The SMILES string of the molecule is Cc1cccc(N2CCc3ccccc3C2CC(=O)c2ccccc2)c1. The van der Waals surface area contributed by atoms with Crippen molar-refractivity contribution in [3.05, 3.63) is 101 Å². The molecule has 0 bridgehead atoms. The van der Waals surface area contributed by atoms with E-state index < -0.39 is 0 Å². The lowest BCUT2D eigenvalue weighted by molar-refractivity contribution is 0.0972. The van der Waals surface area contributed by atoms with Crippen LogP contribution in [0.3, 0.4) is 0 Å². The van der Waals surface area contributed by atoms with Crippen LogP contribution in [0.25, 0.3) is 0 Å². The highest BCUT2D eigenvalue weighted by molar-refractivity contribution is 5.96. The second-order valence-corrected chi connectivity index (χ2v) is 6.99. The van der Waals surface area contributed by atoms with Crippen molar-refractivity contribution in [2.45, 2.75) is 25.8 Å². The molecule has 1 aliphatic rings. The van der Waals surface area contributed by atoms with Gasteiger partial charge in [0.25, 0.3) is 0 Å². The third kappa shape index (κ3) is 3.28. The molecule has 0 aromatic heterocycles. The number of carbonyl (C=O) groups is 1. The number of nitrogens with zero attached hydrogens (tertiary/aromatic N) is 1. The summed E-state index contributed by atoms with van der Waals surface area (Å²) in [6.07, 6.45) is 1.51. The zero-order chi connectivity index (χ0) is 17.9. The van der Waals surface area contributed by atoms with Crippen molar-refractivity contribution < 1.29 is 4.79 Å². The fourth-order valence-electron chi connectivity index (χ4n) is 3.90. The van der Waals surface area contributed by atoms with Crippen LogP contribution in [0.15, 0.2) is 78.9 Å². The van der Waals surface area contributed by atoms with Gasteiger partial charge < -0.3 is 4.90 Å². The van der Waals surface area contributed by atoms with Gasteiger partial charge in [-0.1, -0.05) is 66.7 Å². The summed E-state index contributed by atoms with van der Waals surface area (Å²) >= 11 is 0. The van der Waals surface area contributed by atoms with E-state index in [2.05, 4.69) is 60.4 Å². The Kier molecular flexibility index (Phi) is 4.57. The summed E-state index contributed by atoms with van der Waals surface area (Å²) in [5.41, 5.74) is 5.88. The van der Waals surface area contributed by atoms with Crippen molar-refractivity contribution in [1.82, 2.24) is 0 Å². The molecule has 0 saturated carbocycles. The maximum absolute atomic E-state index is 12.9. The molecule has 1 heterocycles. The monoisotopic (exact) mass is 341 g/mol. The van der Waals surface area contributed by atoms with Crippen LogP contribution in [-0.2, 0) is 6.42 Å².